The number of hydrogen-bond acceptors (Lipinski definition) is 5. The molecule has 1 amide bonds. The lowest BCUT2D eigenvalue weighted by molar-refractivity contribution is -0.129. The van der Waals surface area contributed by atoms with Crippen molar-refractivity contribution in [3.63, 3.8) is 0 Å². The van der Waals surface area contributed by atoms with Gasteiger partial charge in [-0.05, 0) is 50.2 Å². The van der Waals surface area contributed by atoms with Gasteiger partial charge in [0, 0.05) is 49.2 Å². The van der Waals surface area contributed by atoms with Crippen LogP contribution in [-0.4, -0.2) is 52.5 Å². The maximum Gasteiger partial charge on any atom is 0.219 e. The summed E-state index contributed by atoms with van der Waals surface area (Å²) >= 11 is 1.71. The van der Waals surface area contributed by atoms with Crippen molar-refractivity contribution in [1.29, 1.82) is 0 Å². The molecule has 5 nitrogen and oxygen atoms in total. The van der Waals surface area contributed by atoms with Crippen LogP contribution in [0.15, 0.2) is 24.3 Å². The average Bonchev–Trinajstić information content (AvgIpc) is 3.33. The lowest BCUT2D eigenvalue weighted by atomic mass is 9.88. The Morgan fingerprint density at radius 2 is 1.89 bits per heavy atom. The quantitative estimate of drug-likeness (QED) is 0.789. The van der Waals surface area contributed by atoms with Gasteiger partial charge in [0.1, 0.15) is 16.9 Å². The standard InChI is InChI=1S/C22H27N3O2S/c1-15(26)25-11-8-20-21(14-25)28-22(23-20)16-4-6-18(7-5-16)27-19-12-17(13-19)24-9-2-3-10-24/h4-7,17,19H,2-3,8-14H2,1H3/t17-,19-. The molecule has 3 aliphatic rings. The first-order chi connectivity index (χ1) is 13.7. The number of aromatic nitrogens is 1. The molecule has 0 bridgehead atoms. The van der Waals surface area contributed by atoms with E-state index in [0.717, 1.165) is 53.9 Å². The van der Waals surface area contributed by atoms with E-state index in [0.29, 0.717) is 12.6 Å². The number of benzene rings is 1. The Morgan fingerprint density at radius 1 is 1.14 bits per heavy atom. The highest BCUT2D eigenvalue weighted by molar-refractivity contribution is 7.15. The second-order valence-electron chi connectivity index (χ2n) is 8.21. The van der Waals surface area contributed by atoms with Gasteiger partial charge in [-0.1, -0.05) is 0 Å². The van der Waals surface area contributed by atoms with Crippen molar-refractivity contribution in [3.8, 4) is 16.3 Å². The number of hydrogen-bond donors (Lipinski definition) is 0. The number of carbonyl (C=O) groups excluding carboxylic acids is 1. The highest BCUT2D eigenvalue weighted by Crippen LogP contribution is 2.34. The number of fused-ring (bicyclic) bond motifs is 1. The first-order valence-electron chi connectivity index (χ1n) is 10.4. The molecule has 5 rings (SSSR count). The van der Waals surface area contributed by atoms with E-state index in [1.54, 1.807) is 18.3 Å². The second-order valence-corrected chi connectivity index (χ2v) is 9.30. The molecule has 0 N–H and O–H groups in total. The Kier molecular flexibility index (Phi) is 4.85. The van der Waals surface area contributed by atoms with Crippen LogP contribution in [0.25, 0.3) is 10.6 Å². The third-order valence-corrected chi connectivity index (χ3v) is 7.44. The van der Waals surface area contributed by atoms with Crippen LogP contribution in [0, 0.1) is 0 Å². The third-order valence-electron chi connectivity index (χ3n) is 6.31. The molecule has 148 valence electrons. The maximum absolute atomic E-state index is 11.6. The van der Waals surface area contributed by atoms with Crippen molar-refractivity contribution < 1.29 is 9.53 Å². The predicted octanol–water partition coefficient (Wildman–Crippen LogP) is 3.72. The highest BCUT2D eigenvalue weighted by atomic mass is 32.1. The summed E-state index contributed by atoms with van der Waals surface area (Å²) in [5.74, 6) is 1.10. The SMILES string of the molecule is CC(=O)N1CCc2nc(-c3ccc(O[C@H]4C[C@H](N5CCCC5)C4)cc3)sc2C1. The fraction of sp³-hybridized carbons (Fsp3) is 0.545. The van der Waals surface area contributed by atoms with Gasteiger partial charge in [-0.3, -0.25) is 4.79 Å². The van der Waals surface area contributed by atoms with Crippen LogP contribution in [0.4, 0.5) is 0 Å². The smallest absolute Gasteiger partial charge is 0.219 e. The van der Waals surface area contributed by atoms with Crippen molar-refractivity contribution in [1.82, 2.24) is 14.8 Å². The lowest BCUT2D eigenvalue weighted by Crippen LogP contribution is -2.48. The van der Waals surface area contributed by atoms with E-state index in [1.807, 2.05) is 4.90 Å². The minimum absolute atomic E-state index is 0.144. The van der Waals surface area contributed by atoms with Crippen LogP contribution in [-0.2, 0) is 17.8 Å². The Hall–Kier alpha value is -1.92. The Morgan fingerprint density at radius 3 is 2.61 bits per heavy atom. The van der Waals surface area contributed by atoms with Gasteiger partial charge in [0.2, 0.25) is 5.91 Å². The summed E-state index contributed by atoms with van der Waals surface area (Å²) in [5, 5.41) is 1.04. The first kappa shape index (κ1) is 18.1. The molecule has 2 aliphatic heterocycles. The monoisotopic (exact) mass is 397 g/mol. The number of rotatable bonds is 4. The molecule has 2 aromatic rings. The van der Waals surface area contributed by atoms with Gasteiger partial charge in [0.25, 0.3) is 0 Å². The summed E-state index contributed by atoms with van der Waals surface area (Å²) in [6.07, 6.45) is 6.25. The summed E-state index contributed by atoms with van der Waals surface area (Å²) in [6.45, 7) is 5.66. The molecule has 1 aliphatic carbocycles. The van der Waals surface area contributed by atoms with Gasteiger partial charge in [-0.15, -0.1) is 11.3 Å². The molecule has 3 heterocycles. The zero-order valence-electron chi connectivity index (χ0n) is 16.4. The summed E-state index contributed by atoms with van der Waals surface area (Å²) in [6, 6.07) is 9.10. The van der Waals surface area contributed by atoms with Crippen molar-refractivity contribution in [2.45, 2.75) is 57.7 Å². The van der Waals surface area contributed by atoms with Gasteiger partial charge >= 0.3 is 0 Å². The third kappa shape index (κ3) is 3.55. The first-order valence-corrected chi connectivity index (χ1v) is 11.2. The topological polar surface area (TPSA) is 45.7 Å². The molecule has 0 radical (unpaired) electrons. The molecule has 1 aromatic carbocycles. The number of likely N-dealkylation sites (tertiary alicyclic amines) is 1. The van der Waals surface area contributed by atoms with E-state index in [2.05, 4.69) is 29.2 Å². The van der Waals surface area contributed by atoms with Crippen LogP contribution < -0.4 is 4.74 Å². The minimum atomic E-state index is 0.144. The van der Waals surface area contributed by atoms with E-state index in [-0.39, 0.29) is 5.91 Å². The fourth-order valence-electron chi connectivity index (χ4n) is 4.50. The van der Waals surface area contributed by atoms with Gasteiger partial charge < -0.3 is 14.5 Å². The van der Waals surface area contributed by atoms with Crippen LogP contribution in [0.3, 0.4) is 0 Å². The van der Waals surface area contributed by atoms with Crippen LogP contribution in [0.5, 0.6) is 5.75 Å². The van der Waals surface area contributed by atoms with Crippen molar-refractivity contribution >= 4 is 17.2 Å². The van der Waals surface area contributed by atoms with Gasteiger partial charge in [-0.25, -0.2) is 4.98 Å². The van der Waals surface area contributed by atoms with Gasteiger partial charge in [-0.2, -0.15) is 0 Å². The molecule has 1 saturated carbocycles. The van der Waals surface area contributed by atoms with Crippen LogP contribution in [0.1, 0.15) is 43.2 Å². The lowest BCUT2D eigenvalue weighted by Gasteiger charge is -2.40. The molecule has 0 atom stereocenters. The largest absolute Gasteiger partial charge is 0.490 e. The van der Waals surface area contributed by atoms with Crippen molar-refractivity contribution in [3.05, 3.63) is 34.8 Å². The van der Waals surface area contributed by atoms with E-state index < -0.39 is 0 Å². The number of ether oxygens (including phenoxy) is 1. The second kappa shape index (κ2) is 7.48. The Bertz CT molecular complexity index is 851. The summed E-state index contributed by atoms with van der Waals surface area (Å²) in [7, 11) is 0. The molecule has 1 aromatic heterocycles. The van der Waals surface area contributed by atoms with E-state index in [1.165, 1.54) is 30.8 Å². The van der Waals surface area contributed by atoms with E-state index in [4.69, 9.17) is 9.72 Å². The normalized spacial score (nSPS) is 24.7. The molecule has 1 saturated heterocycles. The molecular formula is C22H27N3O2S. The zero-order valence-corrected chi connectivity index (χ0v) is 17.2. The molecule has 2 fully saturated rings. The van der Waals surface area contributed by atoms with Gasteiger partial charge in [0.05, 0.1) is 12.2 Å². The predicted molar refractivity (Wildman–Crippen MR) is 111 cm³/mol. The zero-order chi connectivity index (χ0) is 19.1. The molecule has 28 heavy (non-hydrogen) atoms. The number of thiazole rings is 1. The highest BCUT2D eigenvalue weighted by Gasteiger charge is 2.36. The maximum atomic E-state index is 11.6. The number of amides is 1. The summed E-state index contributed by atoms with van der Waals surface area (Å²) in [4.78, 5) is 22.2. The van der Waals surface area contributed by atoms with Crippen molar-refractivity contribution in [2.24, 2.45) is 0 Å². The Balaban J connectivity index is 1.20. The van der Waals surface area contributed by atoms with Crippen LogP contribution in [0.2, 0.25) is 0 Å². The average molecular weight is 398 g/mol. The fourth-order valence-corrected chi connectivity index (χ4v) is 5.62. The summed E-state index contributed by atoms with van der Waals surface area (Å²) in [5.41, 5.74) is 2.28. The minimum Gasteiger partial charge on any atom is -0.490 e. The number of carbonyl (C=O) groups is 1. The molecule has 6 heteroatoms. The van der Waals surface area contributed by atoms with Crippen LogP contribution >= 0.6 is 11.3 Å². The molecular weight excluding hydrogens is 370 g/mol. The molecule has 0 spiro atoms. The summed E-state index contributed by atoms with van der Waals surface area (Å²) < 4.78 is 6.16. The van der Waals surface area contributed by atoms with E-state index >= 15 is 0 Å². The molecule has 0 unspecified atom stereocenters. The van der Waals surface area contributed by atoms with Crippen molar-refractivity contribution in [2.75, 3.05) is 19.6 Å². The van der Waals surface area contributed by atoms with Gasteiger partial charge in [0.15, 0.2) is 0 Å². The van der Waals surface area contributed by atoms with E-state index in [9.17, 15) is 4.79 Å². The number of nitrogens with zero attached hydrogens (tertiary/aromatic N) is 3. The Labute approximate surface area is 170 Å².